The third kappa shape index (κ3) is 3.10. The zero-order chi connectivity index (χ0) is 19.7. The van der Waals surface area contributed by atoms with Gasteiger partial charge in [-0.1, -0.05) is 43.2 Å². The van der Waals surface area contributed by atoms with E-state index in [0.29, 0.717) is 11.5 Å². The topological polar surface area (TPSA) is 87.7 Å². The van der Waals surface area contributed by atoms with E-state index in [9.17, 15) is 4.79 Å². The Bertz CT molecular complexity index is 981. The monoisotopic (exact) mass is 388 g/mol. The van der Waals surface area contributed by atoms with Crippen molar-refractivity contribution < 1.29 is 4.79 Å². The van der Waals surface area contributed by atoms with Crippen molar-refractivity contribution in [3.8, 4) is 11.5 Å². The molecule has 0 bridgehead atoms. The van der Waals surface area contributed by atoms with E-state index in [1.165, 1.54) is 0 Å². The van der Waals surface area contributed by atoms with Crippen LogP contribution in [0.25, 0.3) is 11.5 Å². The number of amides is 1. The number of carbonyl (C=O) groups excluding carboxylic acids is 1. The second-order valence-corrected chi connectivity index (χ2v) is 7.95. The minimum atomic E-state index is -0.405. The van der Waals surface area contributed by atoms with Crippen LogP contribution in [0.15, 0.2) is 48.9 Å². The standard InChI is InChI=1S/C22H24N6O/c29-21(22(10-4-5-11-22)16-7-2-1-3-8-16)28-14-6-9-18(28)20-25-19(26-27-20)17-15-23-12-13-24-17/h1-3,7-8,12-13,15,18H,4-6,9-11,14H2,(H,25,26,27)/t18-/m1/s1. The highest BCUT2D eigenvalue weighted by molar-refractivity contribution is 5.89. The summed E-state index contributed by atoms with van der Waals surface area (Å²) < 4.78 is 0. The fraction of sp³-hybridized carbons (Fsp3) is 0.409. The van der Waals surface area contributed by atoms with E-state index in [-0.39, 0.29) is 11.9 Å². The molecule has 1 aliphatic heterocycles. The normalized spacial score (nSPS) is 20.8. The second-order valence-electron chi connectivity index (χ2n) is 7.95. The number of nitrogens with zero attached hydrogens (tertiary/aromatic N) is 5. The van der Waals surface area contributed by atoms with E-state index >= 15 is 0 Å². The molecule has 1 saturated carbocycles. The molecule has 5 rings (SSSR count). The number of likely N-dealkylation sites (tertiary alicyclic amines) is 1. The van der Waals surface area contributed by atoms with Crippen molar-refractivity contribution in [3.05, 3.63) is 60.3 Å². The molecule has 2 aliphatic rings. The molecule has 0 radical (unpaired) electrons. The summed E-state index contributed by atoms with van der Waals surface area (Å²) in [5, 5.41) is 7.37. The van der Waals surface area contributed by atoms with Crippen LogP contribution >= 0.6 is 0 Å². The number of hydrogen-bond donors (Lipinski definition) is 1. The van der Waals surface area contributed by atoms with Gasteiger partial charge in [0.05, 0.1) is 17.7 Å². The van der Waals surface area contributed by atoms with Crippen LogP contribution in [0.2, 0.25) is 0 Å². The van der Waals surface area contributed by atoms with Gasteiger partial charge in [0.2, 0.25) is 11.7 Å². The van der Waals surface area contributed by atoms with Gasteiger partial charge in [0.25, 0.3) is 0 Å². The Morgan fingerprint density at radius 1 is 1.10 bits per heavy atom. The Balaban J connectivity index is 1.45. The van der Waals surface area contributed by atoms with Crippen LogP contribution in [0, 0.1) is 0 Å². The van der Waals surface area contributed by atoms with Crippen molar-refractivity contribution in [1.82, 2.24) is 30.0 Å². The SMILES string of the molecule is O=C(N1CCC[C@@H]1c1nc(-c2cnccn2)n[nH]1)C1(c2ccccc2)CCCC1. The Morgan fingerprint density at radius 3 is 2.69 bits per heavy atom. The van der Waals surface area contributed by atoms with E-state index in [2.05, 4.69) is 37.3 Å². The Kier molecular flexibility index (Phi) is 4.58. The van der Waals surface area contributed by atoms with Gasteiger partial charge in [-0.3, -0.25) is 14.9 Å². The molecule has 29 heavy (non-hydrogen) atoms. The van der Waals surface area contributed by atoms with Crippen LogP contribution < -0.4 is 0 Å². The van der Waals surface area contributed by atoms with Crippen LogP contribution in [-0.2, 0) is 10.2 Å². The maximum absolute atomic E-state index is 13.9. The van der Waals surface area contributed by atoms with Crippen LogP contribution in [0.3, 0.4) is 0 Å². The summed E-state index contributed by atoms with van der Waals surface area (Å²) in [4.78, 5) is 28.9. The molecular formula is C22H24N6O. The molecule has 7 nitrogen and oxygen atoms in total. The third-order valence-corrected chi connectivity index (χ3v) is 6.32. The lowest BCUT2D eigenvalue weighted by Gasteiger charge is -2.35. The minimum Gasteiger partial charge on any atom is -0.332 e. The Morgan fingerprint density at radius 2 is 1.93 bits per heavy atom. The Hall–Kier alpha value is -3.09. The summed E-state index contributed by atoms with van der Waals surface area (Å²) in [6.45, 7) is 0.763. The summed E-state index contributed by atoms with van der Waals surface area (Å²) >= 11 is 0. The van der Waals surface area contributed by atoms with Crippen molar-refractivity contribution in [2.75, 3.05) is 6.54 Å². The summed E-state index contributed by atoms with van der Waals surface area (Å²) in [5.74, 6) is 1.49. The summed E-state index contributed by atoms with van der Waals surface area (Å²) in [5.41, 5.74) is 1.37. The van der Waals surface area contributed by atoms with E-state index in [4.69, 9.17) is 0 Å². The summed E-state index contributed by atoms with van der Waals surface area (Å²) in [6, 6.07) is 10.2. The molecular weight excluding hydrogens is 364 g/mol. The van der Waals surface area contributed by atoms with Crippen LogP contribution in [0.4, 0.5) is 0 Å². The molecule has 7 heteroatoms. The number of carbonyl (C=O) groups is 1. The average molecular weight is 388 g/mol. The molecule has 2 fully saturated rings. The van der Waals surface area contributed by atoms with E-state index in [1.54, 1.807) is 18.6 Å². The van der Waals surface area contributed by atoms with Gasteiger partial charge < -0.3 is 4.90 Å². The molecule has 0 unspecified atom stereocenters. The van der Waals surface area contributed by atoms with Crippen molar-refractivity contribution in [2.24, 2.45) is 0 Å². The quantitative estimate of drug-likeness (QED) is 0.740. The molecule has 1 aromatic carbocycles. The van der Waals surface area contributed by atoms with Crippen molar-refractivity contribution in [3.63, 3.8) is 0 Å². The van der Waals surface area contributed by atoms with Crippen molar-refractivity contribution in [2.45, 2.75) is 50.0 Å². The fourth-order valence-electron chi connectivity index (χ4n) is 4.88. The van der Waals surface area contributed by atoms with E-state index in [1.807, 2.05) is 23.1 Å². The number of H-pyrrole nitrogens is 1. The predicted octanol–water partition coefficient (Wildman–Crippen LogP) is 3.44. The zero-order valence-corrected chi connectivity index (χ0v) is 16.3. The highest BCUT2D eigenvalue weighted by Gasteiger charge is 2.47. The second kappa shape index (κ2) is 7.39. The fourth-order valence-corrected chi connectivity index (χ4v) is 4.88. The molecule has 1 atom stereocenters. The maximum Gasteiger partial charge on any atom is 0.233 e. The number of aromatic amines is 1. The average Bonchev–Trinajstić information content (AvgIpc) is 3.55. The van der Waals surface area contributed by atoms with Gasteiger partial charge in [0.1, 0.15) is 11.5 Å². The lowest BCUT2D eigenvalue weighted by atomic mass is 9.77. The number of benzene rings is 1. The van der Waals surface area contributed by atoms with Gasteiger partial charge in [-0.15, -0.1) is 0 Å². The first-order chi connectivity index (χ1) is 14.3. The summed E-state index contributed by atoms with van der Waals surface area (Å²) in [6.07, 6.45) is 10.8. The largest absolute Gasteiger partial charge is 0.332 e. The predicted molar refractivity (Wildman–Crippen MR) is 108 cm³/mol. The van der Waals surface area contributed by atoms with E-state index in [0.717, 1.165) is 56.5 Å². The number of aromatic nitrogens is 5. The van der Waals surface area contributed by atoms with Gasteiger partial charge in [0.15, 0.2) is 0 Å². The van der Waals surface area contributed by atoms with Crippen molar-refractivity contribution in [1.29, 1.82) is 0 Å². The first-order valence-corrected chi connectivity index (χ1v) is 10.3. The zero-order valence-electron chi connectivity index (χ0n) is 16.3. The minimum absolute atomic E-state index is 0.0680. The van der Waals surface area contributed by atoms with Crippen LogP contribution in [0.5, 0.6) is 0 Å². The highest BCUT2D eigenvalue weighted by Crippen LogP contribution is 2.45. The van der Waals surface area contributed by atoms with Gasteiger partial charge >= 0.3 is 0 Å². The van der Waals surface area contributed by atoms with Gasteiger partial charge in [-0.25, -0.2) is 9.97 Å². The lowest BCUT2D eigenvalue weighted by Crippen LogP contribution is -2.45. The molecule has 1 amide bonds. The molecule has 3 heterocycles. The van der Waals surface area contributed by atoms with Crippen LogP contribution in [-0.4, -0.2) is 42.5 Å². The smallest absolute Gasteiger partial charge is 0.233 e. The molecule has 148 valence electrons. The first kappa shape index (κ1) is 18.0. The van der Waals surface area contributed by atoms with Gasteiger partial charge in [0, 0.05) is 18.9 Å². The van der Waals surface area contributed by atoms with Crippen LogP contribution in [0.1, 0.15) is 56.0 Å². The molecule has 3 aromatic rings. The number of nitrogens with one attached hydrogen (secondary N) is 1. The molecule has 0 spiro atoms. The molecule has 1 aliphatic carbocycles. The number of rotatable bonds is 4. The first-order valence-electron chi connectivity index (χ1n) is 10.3. The molecule has 1 N–H and O–H groups in total. The third-order valence-electron chi connectivity index (χ3n) is 6.32. The van der Waals surface area contributed by atoms with Gasteiger partial charge in [-0.05, 0) is 31.2 Å². The van der Waals surface area contributed by atoms with E-state index < -0.39 is 5.41 Å². The summed E-state index contributed by atoms with van der Waals surface area (Å²) in [7, 11) is 0. The molecule has 1 saturated heterocycles. The van der Waals surface area contributed by atoms with Gasteiger partial charge in [-0.2, -0.15) is 5.10 Å². The number of hydrogen-bond acceptors (Lipinski definition) is 5. The maximum atomic E-state index is 13.9. The Labute approximate surface area is 169 Å². The van der Waals surface area contributed by atoms with Crippen molar-refractivity contribution >= 4 is 5.91 Å². The molecule has 2 aromatic heterocycles. The highest BCUT2D eigenvalue weighted by atomic mass is 16.2. The lowest BCUT2D eigenvalue weighted by molar-refractivity contribution is -0.138.